The lowest BCUT2D eigenvalue weighted by molar-refractivity contribution is -0.145. The van der Waals surface area contributed by atoms with E-state index in [4.69, 9.17) is 16.6 Å². The number of primary amides is 1. The first-order valence-electron chi connectivity index (χ1n) is 11.0. The SMILES string of the molecule is NC(=O)CCC(NC(=O)C1CCCN1C(=O)C(Cc1ccccc1)NC(=O)C(N)CO)C(=O)O. The van der Waals surface area contributed by atoms with Crippen molar-refractivity contribution in [2.45, 2.75) is 56.3 Å². The van der Waals surface area contributed by atoms with Gasteiger partial charge < -0.3 is 37.2 Å². The maximum absolute atomic E-state index is 13.4. The molecular weight excluding hydrogens is 446 g/mol. The molecule has 12 heteroatoms. The zero-order valence-corrected chi connectivity index (χ0v) is 18.7. The first kappa shape index (κ1) is 26.7. The van der Waals surface area contributed by atoms with Crippen molar-refractivity contribution < 1.29 is 34.2 Å². The molecule has 4 amide bonds. The Morgan fingerprint density at radius 1 is 1.09 bits per heavy atom. The van der Waals surface area contributed by atoms with Crippen molar-refractivity contribution in [3.05, 3.63) is 35.9 Å². The van der Waals surface area contributed by atoms with Gasteiger partial charge in [0.1, 0.15) is 24.2 Å². The minimum Gasteiger partial charge on any atom is -0.480 e. The van der Waals surface area contributed by atoms with E-state index in [0.29, 0.717) is 12.8 Å². The van der Waals surface area contributed by atoms with Crippen molar-refractivity contribution in [2.24, 2.45) is 11.5 Å². The van der Waals surface area contributed by atoms with Crippen molar-refractivity contribution in [3.63, 3.8) is 0 Å². The zero-order chi connectivity index (χ0) is 25.3. The van der Waals surface area contributed by atoms with E-state index in [1.807, 2.05) is 0 Å². The third kappa shape index (κ3) is 7.52. The van der Waals surface area contributed by atoms with E-state index in [2.05, 4.69) is 10.6 Å². The van der Waals surface area contributed by atoms with E-state index >= 15 is 0 Å². The topological polar surface area (TPSA) is 205 Å². The number of aliphatic hydroxyl groups excluding tert-OH is 1. The molecule has 0 radical (unpaired) electrons. The zero-order valence-electron chi connectivity index (χ0n) is 18.7. The summed E-state index contributed by atoms with van der Waals surface area (Å²) in [6.45, 7) is -0.363. The third-order valence-corrected chi connectivity index (χ3v) is 5.56. The second kappa shape index (κ2) is 12.7. The van der Waals surface area contributed by atoms with Gasteiger partial charge >= 0.3 is 5.97 Å². The number of carbonyl (C=O) groups is 5. The number of benzene rings is 1. The number of aliphatic carboxylic acids is 1. The largest absolute Gasteiger partial charge is 0.480 e. The smallest absolute Gasteiger partial charge is 0.326 e. The van der Waals surface area contributed by atoms with E-state index in [9.17, 15) is 29.1 Å². The van der Waals surface area contributed by atoms with Crippen molar-refractivity contribution in [1.29, 1.82) is 0 Å². The molecule has 1 aromatic rings. The molecule has 4 unspecified atom stereocenters. The maximum atomic E-state index is 13.4. The standard InChI is InChI=1S/C22H31N5O7/c23-14(12-28)19(30)26-16(11-13-5-2-1-3-6-13)21(32)27-10-4-7-17(27)20(31)25-15(22(33)34)8-9-18(24)29/h1-3,5-6,14-17,28H,4,7-12,23H2,(H2,24,29)(H,25,31)(H,26,30)(H,33,34). The van der Waals surface area contributed by atoms with Crippen molar-refractivity contribution >= 4 is 29.6 Å². The molecule has 0 bridgehead atoms. The molecule has 1 aromatic carbocycles. The highest BCUT2D eigenvalue weighted by Crippen LogP contribution is 2.20. The van der Waals surface area contributed by atoms with Gasteiger partial charge in [-0.3, -0.25) is 19.2 Å². The van der Waals surface area contributed by atoms with Crippen LogP contribution in [-0.4, -0.2) is 82.0 Å². The van der Waals surface area contributed by atoms with Gasteiger partial charge in [0, 0.05) is 19.4 Å². The van der Waals surface area contributed by atoms with Gasteiger partial charge in [-0.15, -0.1) is 0 Å². The van der Waals surface area contributed by atoms with E-state index in [0.717, 1.165) is 5.56 Å². The second-order valence-electron chi connectivity index (χ2n) is 8.13. The number of carbonyl (C=O) groups excluding carboxylic acids is 4. The number of carboxylic acid groups (broad SMARTS) is 1. The van der Waals surface area contributed by atoms with Crippen molar-refractivity contribution in [2.75, 3.05) is 13.2 Å². The average Bonchev–Trinajstić information content (AvgIpc) is 3.30. The van der Waals surface area contributed by atoms with Crippen LogP contribution in [0, 0.1) is 0 Å². The Kier molecular flexibility index (Phi) is 9.95. The van der Waals surface area contributed by atoms with Gasteiger partial charge in [-0.05, 0) is 24.8 Å². The molecule has 0 spiro atoms. The lowest BCUT2D eigenvalue weighted by Crippen LogP contribution is -2.57. The van der Waals surface area contributed by atoms with Gasteiger partial charge in [-0.25, -0.2) is 4.79 Å². The third-order valence-electron chi connectivity index (χ3n) is 5.56. The van der Waals surface area contributed by atoms with Crippen LogP contribution in [0.15, 0.2) is 30.3 Å². The molecule has 1 fully saturated rings. The monoisotopic (exact) mass is 477 g/mol. The molecule has 1 saturated heterocycles. The van der Waals surface area contributed by atoms with Crippen LogP contribution >= 0.6 is 0 Å². The Labute approximate surface area is 196 Å². The highest BCUT2D eigenvalue weighted by Gasteiger charge is 2.39. The number of amides is 4. The summed E-state index contributed by atoms with van der Waals surface area (Å²) in [5.41, 5.74) is 11.4. The summed E-state index contributed by atoms with van der Waals surface area (Å²) in [4.78, 5) is 62.3. The Hall–Kier alpha value is -3.51. The van der Waals surface area contributed by atoms with Crippen LogP contribution in [0.3, 0.4) is 0 Å². The lowest BCUT2D eigenvalue weighted by atomic mass is 10.0. The summed E-state index contributed by atoms with van der Waals surface area (Å²) in [6.07, 6.45) is 0.543. The molecule has 0 aromatic heterocycles. The van der Waals surface area contributed by atoms with Crippen LogP contribution in [0.4, 0.5) is 0 Å². The first-order valence-corrected chi connectivity index (χ1v) is 11.0. The number of likely N-dealkylation sites (tertiary alicyclic amines) is 1. The number of hydrogen-bond donors (Lipinski definition) is 6. The van der Waals surface area contributed by atoms with E-state index in [-0.39, 0.29) is 25.8 Å². The highest BCUT2D eigenvalue weighted by molar-refractivity contribution is 5.94. The van der Waals surface area contributed by atoms with Crippen LogP contribution in [0.25, 0.3) is 0 Å². The molecular formula is C22H31N5O7. The fourth-order valence-electron chi connectivity index (χ4n) is 3.73. The van der Waals surface area contributed by atoms with Crippen molar-refractivity contribution in [3.8, 4) is 0 Å². The fraction of sp³-hybridized carbons (Fsp3) is 0.500. The molecule has 0 aliphatic carbocycles. The van der Waals surface area contributed by atoms with Crippen LogP contribution in [0.5, 0.6) is 0 Å². The Morgan fingerprint density at radius 3 is 2.35 bits per heavy atom. The maximum Gasteiger partial charge on any atom is 0.326 e. The summed E-state index contributed by atoms with van der Waals surface area (Å²) >= 11 is 0. The predicted molar refractivity (Wildman–Crippen MR) is 120 cm³/mol. The number of hydrogen-bond acceptors (Lipinski definition) is 7. The molecule has 4 atom stereocenters. The molecule has 1 aliphatic heterocycles. The van der Waals surface area contributed by atoms with Gasteiger partial charge in [-0.2, -0.15) is 0 Å². The van der Waals surface area contributed by atoms with Gasteiger partial charge in [0.05, 0.1) is 6.61 Å². The Bertz CT molecular complexity index is 895. The van der Waals surface area contributed by atoms with Crippen LogP contribution in [0.2, 0.25) is 0 Å². The van der Waals surface area contributed by atoms with Crippen molar-refractivity contribution in [1.82, 2.24) is 15.5 Å². The van der Waals surface area contributed by atoms with Gasteiger partial charge in [0.25, 0.3) is 0 Å². The normalized spacial score (nSPS) is 17.9. The lowest BCUT2D eigenvalue weighted by Gasteiger charge is -2.30. The predicted octanol–water partition coefficient (Wildman–Crippen LogP) is -2.14. The Balaban J connectivity index is 2.18. The van der Waals surface area contributed by atoms with Crippen LogP contribution in [0.1, 0.15) is 31.2 Å². The minimum absolute atomic E-state index is 0.130. The number of rotatable bonds is 12. The molecule has 1 heterocycles. The summed E-state index contributed by atoms with van der Waals surface area (Å²) in [6, 6.07) is 4.38. The highest BCUT2D eigenvalue weighted by atomic mass is 16.4. The number of nitrogens with two attached hydrogens (primary N) is 2. The van der Waals surface area contributed by atoms with Crippen LogP contribution < -0.4 is 22.1 Å². The number of nitrogens with zero attached hydrogens (tertiary/aromatic N) is 1. The van der Waals surface area contributed by atoms with Gasteiger partial charge in [0.15, 0.2) is 0 Å². The molecule has 34 heavy (non-hydrogen) atoms. The van der Waals surface area contributed by atoms with E-state index in [1.54, 1.807) is 30.3 Å². The quantitative estimate of drug-likeness (QED) is 0.195. The minimum atomic E-state index is -1.33. The summed E-state index contributed by atoms with van der Waals surface area (Å²) in [7, 11) is 0. The molecule has 186 valence electrons. The summed E-state index contributed by atoms with van der Waals surface area (Å²) < 4.78 is 0. The average molecular weight is 478 g/mol. The molecule has 8 N–H and O–H groups in total. The van der Waals surface area contributed by atoms with Crippen LogP contribution in [-0.2, 0) is 30.4 Å². The molecule has 1 aliphatic rings. The van der Waals surface area contributed by atoms with Gasteiger partial charge in [0.2, 0.25) is 23.6 Å². The first-order chi connectivity index (χ1) is 16.1. The molecule has 12 nitrogen and oxygen atoms in total. The number of aliphatic hydroxyl groups is 1. The molecule has 0 saturated carbocycles. The fourth-order valence-corrected chi connectivity index (χ4v) is 3.73. The van der Waals surface area contributed by atoms with E-state index in [1.165, 1.54) is 4.90 Å². The summed E-state index contributed by atoms with van der Waals surface area (Å²) in [5.74, 6) is -3.92. The van der Waals surface area contributed by atoms with E-state index < -0.39 is 60.4 Å². The molecule has 2 rings (SSSR count). The second-order valence-corrected chi connectivity index (χ2v) is 8.13. The number of carboxylic acids is 1. The summed E-state index contributed by atoms with van der Waals surface area (Å²) in [5, 5.41) is 23.4. The van der Waals surface area contributed by atoms with Gasteiger partial charge in [-0.1, -0.05) is 30.3 Å². The Morgan fingerprint density at radius 2 is 1.76 bits per heavy atom. The number of nitrogens with one attached hydrogen (secondary N) is 2.